The van der Waals surface area contributed by atoms with Crippen molar-refractivity contribution in [3.8, 4) is 0 Å². The van der Waals surface area contributed by atoms with Crippen molar-refractivity contribution in [2.24, 2.45) is 5.92 Å². The van der Waals surface area contributed by atoms with Crippen LogP contribution in [0.3, 0.4) is 0 Å². The summed E-state index contributed by atoms with van der Waals surface area (Å²) in [6.07, 6.45) is 1.88. The number of carbonyl (C=O) groups is 1. The number of rotatable bonds is 4. The van der Waals surface area contributed by atoms with Crippen LogP contribution in [0.5, 0.6) is 0 Å². The molecule has 1 aromatic rings. The summed E-state index contributed by atoms with van der Waals surface area (Å²) >= 11 is 0. The van der Waals surface area contributed by atoms with Gasteiger partial charge in [-0.15, -0.1) is 0 Å². The fraction of sp³-hybridized carbons (Fsp3) is 0.562. The second kappa shape index (κ2) is 6.84. The summed E-state index contributed by atoms with van der Waals surface area (Å²) in [5.41, 5.74) is 0.569. The lowest BCUT2D eigenvalue weighted by Gasteiger charge is -2.33. The van der Waals surface area contributed by atoms with E-state index in [1.165, 1.54) is 6.07 Å². The quantitative estimate of drug-likeness (QED) is 0.848. The normalized spacial score (nSPS) is 19.4. The maximum Gasteiger partial charge on any atom is 0.225 e. The second-order valence-corrected chi connectivity index (χ2v) is 5.61. The average Bonchev–Trinajstić information content (AvgIpc) is 2.46. The first-order valence-electron chi connectivity index (χ1n) is 7.21. The van der Waals surface area contributed by atoms with E-state index in [1.807, 2.05) is 18.7 Å². The van der Waals surface area contributed by atoms with Crippen molar-refractivity contribution in [1.29, 1.82) is 0 Å². The summed E-state index contributed by atoms with van der Waals surface area (Å²) in [6, 6.07) is 6.64. The summed E-state index contributed by atoms with van der Waals surface area (Å²) < 4.78 is 19.3. The molecule has 3 nitrogen and oxygen atoms in total. The zero-order valence-electron chi connectivity index (χ0n) is 12.1. The molecule has 1 heterocycles. The van der Waals surface area contributed by atoms with Gasteiger partial charge in [0.15, 0.2) is 0 Å². The SMILES string of the molecule is CC(C)C(=O)N1CCC[C@@H](OCc2ccccc2F)C1. The maximum atomic E-state index is 13.5. The van der Waals surface area contributed by atoms with Crippen LogP contribution < -0.4 is 0 Å². The Balaban J connectivity index is 1.87. The fourth-order valence-electron chi connectivity index (χ4n) is 2.46. The number of benzene rings is 1. The number of halogens is 1. The fourth-order valence-corrected chi connectivity index (χ4v) is 2.46. The van der Waals surface area contributed by atoms with E-state index >= 15 is 0 Å². The molecule has 0 N–H and O–H groups in total. The lowest BCUT2D eigenvalue weighted by atomic mass is 10.1. The molecule has 0 saturated carbocycles. The van der Waals surface area contributed by atoms with Crippen LogP contribution in [0.4, 0.5) is 4.39 Å². The van der Waals surface area contributed by atoms with Gasteiger partial charge in [0.1, 0.15) is 5.82 Å². The van der Waals surface area contributed by atoms with E-state index in [4.69, 9.17) is 4.74 Å². The van der Waals surface area contributed by atoms with E-state index < -0.39 is 0 Å². The number of carbonyl (C=O) groups excluding carboxylic acids is 1. The third-order valence-electron chi connectivity index (χ3n) is 3.62. The summed E-state index contributed by atoms with van der Waals surface area (Å²) in [5.74, 6) is -0.0528. The first kappa shape index (κ1) is 15.0. The molecule has 1 amide bonds. The zero-order chi connectivity index (χ0) is 14.5. The number of piperidine rings is 1. The molecule has 1 atom stereocenters. The van der Waals surface area contributed by atoms with E-state index in [0.29, 0.717) is 12.1 Å². The summed E-state index contributed by atoms with van der Waals surface area (Å²) in [4.78, 5) is 13.8. The van der Waals surface area contributed by atoms with Gasteiger partial charge in [-0.05, 0) is 18.9 Å². The molecule has 1 aliphatic rings. The smallest absolute Gasteiger partial charge is 0.225 e. The topological polar surface area (TPSA) is 29.5 Å². The van der Waals surface area contributed by atoms with E-state index in [2.05, 4.69) is 0 Å². The van der Waals surface area contributed by atoms with Crippen LogP contribution in [-0.4, -0.2) is 30.0 Å². The van der Waals surface area contributed by atoms with Crippen LogP contribution in [0.15, 0.2) is 24.3 Å². The molecule has 0 bridgehead atoms. The molecule has 0 spiro atoms. The van der Waals surface area contributed by atoms with Gasteiger partial charge in [-0.3, -0.25) is 4.79 Å². The molecule has 0 radical (unpaired) electrons. The Kier molecular flexibility index (Phi) is 5.12. The van der Waals surface area contributed by atoms with Crippen molar-refractivity contribution >= 4 is 5.91 Å². The van der Waals surface area contributed by atoms with Gasteiger partial charge in [0, 0.05) is 24.6 Å². The predicted octanol–water partition coefficient (Wildman–Crippen LogP) is 2.99. The first-order valence-corrected chi connectivity index (χ1v) is 7.21. The molecule has 2 rings (SSSR count). The van der Waals surface area contributed by atoms with Gasteiger partial charge < -0.3 is 9.64 Å². The van der Waals surface area contributed by atoms with Gasteiger partial charge >= 0.3 is 0 Å². The number of likely N-dealkylation sites (tertiary alicyclic amines) is 1. The van der Waals surface area contributed by atoms with Crippen molar-refractivity contribution < 1.29 is 13.9 Å². The molecule has 110 valence electrons. The molecule has 1 aromatic carbocycles. The largest absolute Gasteiger partial charge is 0.372 e. The van der Waals surface area contributed by atoms with Crippen LogP contribution in [0.2, 0.25) is 0 Å². The number of hydrogen-bond donors (Lipinski definition) is 0. The molecular weight excluding hydrogens is 257 g/mol. The monoisotopic (exact) mass is 279 g/mol. The number of hydrogen-bond acceptors (Lipinski definition) is 2. The molecule has 20 heavy (non-hydrogen) atoms. The molecule has 0 unspecified atom stereocenters. The zero-order valence-corrected chi connectivity index (χ0v) is 12.1. The minimum atomic E-state index is -0.238. The lowest BCUT2D eigenvalue weighted by Crippen LogP contribution is -2.44. The standard InChI is InChI=1S/C16H22FNO2/c1-12(2)16(19)18-9-5-7-14(10-18)20-11-13-6-3-4-8-15(13)17/h3-4,6,8,12,14H,5,7,9-11H2,1-2H3/t14-/m1/s1. The molecule has 0 aromatic heterocycles. The van der Waals surface area contributed by atoms with Gasteiger partial charge in [-0.2, -0.15) is 0 Å². The van der Waals surface area contributed by atoms with E-state index in [1.54, 1.807) is 18.2 Å². The van der Waals surface area contributed by atoms with Crippen molar-refractivity contribution in [3.05, 3.63) is 35.6 Å². The van der Waals surface area contributed by atoms with E-state index in [0.717, 1.165) is 19.4 Å². The van der Waals surface area contributed by atoms with E-state index in [9.17, 15) is 9.18 Å². The van der Waals surface area contributed by atoms with Gasteiger partial charge in [0.2, 0.25) is 5.91 Å². The first-order chi connectivity index (χ1) is 9.58. The Morgan fingerprint density at radius 1 is 1.45 bits per heavy atom. The summed E-state index contributed by atoms with van der Waals surface area (Å²) in [5, 5.41) is 0. The molecule has 1 fully saturated rings. The van der Waals surface area contributed by atoms with Gasteiger partial charge in [0.05, 0.1) is 12.7 Å². The summed E-state index contributed by atoms with van der Waals surface area (Å²) in [6.45, 7) is 5.50. The van der Waals surface area contributed by atoms with Gasteiger partial charge in [-0.1, -0.05) is 32.0 Å². The minimum Gasteiger partial charge on any atom is -0.372 e. The Bertz CT molecular complexity index is 462. The number of amides is 1. The van der Waals surface area contributed by atoms with Gasteiger partial charge in [-0.25, -0.2) is 4.39 Å². The second-order valence-electron chi connectivity index (χ2n) is 5.61. The van der Waals surface area contributed by atoms with Crippen LogP contribution in [0, 0.1) is 11.7 Å². The Labute approximate surface area is 119 Å². The predicted molar refractivity (Wildman–Crippen MR) is 75.6 cm³/mol. The van der Waals surface area contributed by atoms with Crippen LogP contribution in [-0.2, 0) is 16.1 Å². The molecule has 4 heteroatoms. The van der Waals surface area contributed by atoms with Crippen molar-refractivity contribution in [1.82, 2.24) is 4.90 Å². The Morgan fingerprint density at radius 3 is 2.90 bits per heavy atom. The third kappa shape index (κ3) is 3.79. The van der Waals surface area contributed by atoms with E-state index in [-0.39, 0.29) is 30.4 Å². The molecule has 0 aliphatic carbocycles. The van der Waals surface area contributed by atoms with Crippen molar-refractivity contribution in [2.75, 3.05) is 13.1 Å². The minimum absolute atomic E-state index is 0.00561. The molecule has 1 saturated heterocycles. The van der Waals surface area contributed by atoms with Crippen molar-refractivity contribution in [2.45, 2.75) is 39.4 Å². The molecular formula is C16H22FNO2. The van der Waals surface area contributed by atoms with Crippen LogP contribution >= 0.6 is 0 Å². The Morgan fingerprint density at radius 2 is 2.20 bits per heavy atom. The van der Waals surface area contributed by atoms with Crippen molar-refractivity contribution in [3.63, 3.8) is 0 Å². The van der Waals surface area contributed by atoms with Gasteiger partial charge in [0.25, 0.3) is 0 Å². The van der Waals surface area contributed by atoms with Crippen LogP contribution in [0.25, 0.3) is 0 Å². The lowest BCUT2D eigenvalue weighted by molar-refractivity contribution is -0.138. The third-order valence-corrected chi connectivity index (χ3v) is 3.62. The highest BCUT2D eigenvalue weighted by atomic mass is 19.1. The average molecular weight is 279 g/mol. The number of ether oxygens (including phenoxy) is 1. The maximum absolute atomic E-state index is 13.5. The number of nitrogens with zero attached hydrogens (tertiary/aromatic N) is 1. The highest BCUT2D eigenvalue weighted by molar-refractivity contribution is 5.78. The highest BCUT2D eigenvalue weighted by Crippen LogP contribution is 2.18. The Hall–Kier alpha value is -1.42. The highest BCUT2D eigenvalue weighted by Gasteiger charge is 2.25. The van der Waals surface area contributed by atoms with Crippen LogP contribution in [0.1, 0.15) is 32.3 Å². The summed E-state index contributed by atoms with van der Waals surface area (Å²) in [7, 11) is 0. The molecule has 1 aliphatic heterocycles.